The standard InChI is InChI=1S/C11H19N3/c1-9(2)13-7-10-5-6-12-8-11(10)14(3)4/h5-6,8-9,13H,7H2,1-4H3. The molecule has 0 amide bonds. The summed E-state index contributed by atoms with van der Waals surface area (Å²) in [7, 11) is 4.08. The van der Waals surface area contributed by atoms with E-state index in [9.17, 15) is 0 Å². The monoisotopic (exact) mass is 193 g/mol. The van der Waals surface area contributed by atoms with Crippen molar-refractivity contribution in [1.29, 1.82) is 0 Å². The zero-order valence-corrected chi connectivity index (χ0v) is 9.41. The highest BCUT2D eigenvalue weighted by molar-refractivity contribution is 5.50. The maximum Gasteiger partial charge on any atom is 0.0593 e. The Morgan fingerprint density at radius 3 is 2.71 bits per heavy atom. The quantitative estimate of drug-likeness (QED) is 0.788. The van der Waals surface area contributed by atoms with Crippen molar-refractivity contribution in [2.45, 2.75) is 26.4 Å². The zero-order valence-electron chi connectivity index (χ0n) is 9.41. The maximum absolute atomic E-state index is 4.12. The van der Waals surface area contributed by atoms with E-state index < -0.39 is 0 Å². The normalized spacial score (nSPS) is 10.6. The molecule has 0 aliphatic heterocycles. The van der Waals surface area contributed by atoms with E-state index in [1.807, 2.05) is 26.5 Å². The summed E-state index contributed by atoms with van der Waals surface area (Å²) in [6.45, 7) is 5.20. The topological polar surface area (TPSA) is 28.2 Å². The van der Waals surface area contributed by atoms with Crippen LogP contribution >= 0.6 is 0 Å². The Bertz CT molecular complexity index is 282. The molecule has 14 heavy (non-hydrogen) atoms. The summed E-state index contributed by atoms with van der Waals surface area (Å²) in [6.07, 6.45) is 3.74. The van der Waals surface area contributed by atoms with Crippen molar-refractivity contribution in [2.75, 3.05) is 19.0 Å². The Labute approximate surface area is 86.2 Å². The second-order valence-electron chi connectivity index (χ2n) is 3.93. The van der Waals surface area contributed by atoms with Gasteiger partial charge in [-0.05, 0) is 11.6 Å². The van der Waals surface area contributed by atoms with Gasteiger partial charge < -0.3 is 10.2 Å². The van der Waals surface area contributed by atoms with Crippen LogP contribution in [0.3, 0.4) is 0 Å². The third-order valence-corrected chi connectivity index (χ3v) is 2.07. The number of pyridine rings is 1. The van der Waals surface area contributed by atoms with Crippen LogP contribution in [0.1, 0.15) is 19.4 Å². The van der Waals surface area contributed by atoms with Gasteiger partial charge in [-0.25, -0.2) is 0 Å². The van der Waals surface area contributed by atoms with E-state index in [1.165, 1.54) is 11.3 Å². The Hall–Kier alpha value is -1.09. The number of rotatable bonds is 4. The molecule has 3 heteroatoms. The fraction of sp³-hybridized carbons (Fsp3) is 0.545. The summed E-state index contributed by atoms with van der Waals surface area (Å²) in [4.78, 5) is 6.21. The molecule has 1 heterocycles. The second-order valence-corrected chi connectivity index (χ2v) is 3.93. The van der Waals surface area contributed by atoms with Crippen LogP contribution in [0.4, 0.5) is 5.69 Å². The van der Waals surface area contributed by atoms with E-state index in [0.29, 0.717) is 6.04 Å². The minimum Gasteiger partial charge on any atom is -0.376 e. The van der Waals surface area contributed by atoms with Gasteiger partial charge in [0, 0.05) is 32.9 Å². The molecule has 0 saturated heterocycles. The van der Waals surface area contributed by atoms with Gasteiger partial charge in [-0.1, -0.05) is 13.8 Å². The Morgan fingerprint density at radius 1 is 1.43 bits per heavy atom. The van der Waals surface area contributed by atoms with Crippen LogP contribution in [0, 0.1) is 0 Å². The fourth-order valence-corrected chi connectivity index (χ4v) is 1.28. The van der Waals surface area contributed by atoms with Crippen molar-refractivity contribution < 1.29 is 0 Å². The zero-order chi connectivity index (χ0) is 10.6. The van der Waals surface area contributed by atoms with Crippen LogP contribution in [-0.2, 0) is 6.54 Å². The number of anilines is 1. The van der Waals surface area contributed by atoms with Crippen molar-refractivity contribution >= 4 is 5.69 Å². The summed E-state index contributed by atoms with van der Waals surface area (Å²) in [5.41, 5.74) is 2.47. The highest BCUT2D eigenvalue weighted by atomic mass is 15.1. The van der Waals surface area contributed by atoms with E-state index in [1.54, 1.807) is 0 Å². The molecule has 1 N–H and O–H groups in total. The molecule has 0 radical (unpaired) electrons. The van der Waals surface area contributed by atoms with E-state index in [4.69, 9.17) is 0 Å². The van der Waals surface area contributed by atoms with Gasteiger partial charge in [-0.2, -0.15) is 0 Å². The summed E-state index contributed by atoms with van der Waals surface area (Å²) in [6, 6.07) is 2.57. The first-order valence-corrected chi connectivity index (χ1v) is 4.95. The van der Waals surface area contributed by atoms with Gasteiger partial charge >= 0.3 is 0 Å². The fourth-order valence-electron chi connectivity index (χ4n) is 1.28. The average Bonchev–Trinajstić information content (AvgIpc) is 2.15. The summed E-state index contributed by atoms with van der Waals surface area (Å²) < 4.78 is 0. The minimum absolute atomic E-state index is 0.512. The van der Waals surface area contributed by atoms with Crippen molar-refractivity contribution in [1.82, 2.24) is 10.3 Å². The molecule has 0 atom stereocenters. The summed E-state index contributed by atoms with van der Waals surface area (Å²) in [5, 5.41) is 3.40. The molecule has 78 valence electrons. The molecule has 1 rings (SSSR count). The lowest BCUT2D eigenvalue weighted by atomic mass is 10.2. The number of nitrogens with zero attached hydrogens (tertiary/aromatic N) is 2. The Morgan fingerprint density at radius 2 is 2.14 bits per heavy atom. The van der Waals surface area contributed by atoms with Gasteiger partial charge in [0.2, 0.25) is 0 Å². The maximum atomic E-state index is 4.12. The van der Waals surface area contributed by atoms with E-state index in [0.717, 1.165) is 6.54 Å². The molecule has 0 aromatic carbocycles. The molecule has 0 saturated carbocycles. The second kappa shape index (κ2) is 4.96. The van der Waals surface area contributed by atoms with Gasteiger partial charge in [-0.15, -0.1) is 0 Å². The van der Waals surface area contributed by atoms with E-state index in [2.05, 4.69) is 35.1 Å². The first-order chi connectivity index (χ1) is 6.61. The van der Waals surface area contributed by atoms with Crippen molar-refractivity contribution in [2.24, 2.45) is 0 Å². The molecule has 3 nitrogen and oxygen atoms in total. The molecular formula is C11H19N3. The highest BCUT2D eigenvalue weighted by Crippen LogP contribution is 2.15. The Balaban J connectivity index is 2.74. The van der Waals surface area contributed by atoms with Gasteiger partial charge in [-0.3, -0.25) is 4.98 Å². The molecule has 0 bridgehead atoms. The van der Waals surface area contributed by atoms with Crippen LogP contribution < -0.4 is 10.2 Å². The van der Waals surface area contributed by atoms with Crippen LogP contribution in [0.5, 0.6) is 0 Å². The minimum atomic E-state index is 0.512. The number of nitrogens with one attached hydrogen (secondary N) is 1. The molecule has 1 aromatic rings. The molecule has 1 aromatic heterocycles. The van der Waals surface area contributed by atoms with Crippen LogP contribution in [0.15, 0.2) is 18.5 Å². The smallest absolute Gasteiger partial charge is 0.0593 e. The summed E-state index contributed by atoms with van der Waals surface area (Å²) in [5.74, 6) is 0. The molecule has 0 spiro atoms. The highest BCUT2D eigenvalue weighted by Gasteiger charge is 2.03. The molecule has 0 aliphatic rings. The van der Waals surface area contributed by atoms with E-state index in [-0.39, 0.29) is 0 Å². The molecule has 0 aliphatic carbocycles. The van der Waals surface area contributed by atoms with Crippen molar-refractivity contribution in [3.63, 3.8) is 0 Å². The van der Waals surface area contributed by atoms with Crippen LogP contribution in [0.25, 0.3) is 0 Å². The van der Waals surface area contributed by atoms with Gasteiger partial charge in [0.05, 0.1) is 11.9 Å². The molecule has 0 unspecified atom stereocenters. The SMILES string of the molecule is CC(C)NCc1ccncc1N(C)C. The van der Waals surface area contributed by atoms with Crippen LogP contribution in [-0.4, -0.2) is 25.1 Å². The lowest BCUT2D eigenvalue weighted by molar-refractivity contribution is 0.588. The van der Waals surface area contributed by atoms with Crippen molar-refractivity contribution in [3.05, 3.63) is 24.0 Å². The lowest BCUT2D eigenvalue weighted by Crippen LogP contribution is -2.23. The van der Waals surface area contributed by atoms with Gasteiger partial charge in [0.25, 0.3) is 0 Å². The predicted octanol–water partition coefficient (Wildman–Crippen LogP) is 1.65. The lowest BCUT2D eigenvalue weighted by Gasteiger charge is -2.17. The van der Waals surface area contributed by atoms with Gasteiger partial charge in [0.15, 0.2) is 0 Å². The number of hydrogen-bond acceptors (Lipinski definition) is 3. The summed E-state index contributed by atoms with van der Waals surface area (Å²) >= 11 is 0. The largest absolute Gasteiger partial charge is 0.376 e. The molecular weight excluding hydrogens is 174 g/mol. The third kappa shape index (κ3) is 3.00. The number of hydrogen-bond donors (Lipinski definition) is 1. The van der Waals surface area contributed by atoms with Gasteiger partial charge in [0.1, 0.15) is 0 Å². The average molecular weight is 193 g/mol. The van der Waals surface area contributed by atoms with Crippen molar-refractivity contribution in [3.8, 4) is 0 Å². The van der Waals surface area contributed by atoms with Crippen LogP contribution in [0.2, 0.25) is 0 Å². The third-order valence-electron chi connectivity index (χ3n) is 2.07. The Kier molecular flexibility index (Phi) is 3.89. The molecule has 0 fully saturated rings. The predicted molar refractivity (Wildman–Crippen MR) is 60.5 cm³/mol. The van der Waals surface area contributed by atoms with E-state index >= 15 is 0 Å². The first kappa shape index (κ1) is 11.0. The number of aromatic nitrogens is 1. The first-order valence-electron chi connectivity index (χ1n) is 4.95.